The summed E-state index contributed by atoms with van der Waals surface area (Å²) in [5, 5.41) is 23.3. The summed E-state index contributed by atoms with van der Waals surface area (Å²) >= 11 is 8.46. The van der Waals surface area contributed by atoms with Crippen molar-refractivity contribution in [3.05, 3.63) is 29.8 Å². The summed E-state index contributed by atoms with van der Waals surface area (Å²) in [4.78, 5) is 123. The number of morpholine rings is 1. The second kappa shape index (κ2) is 26.4. The van der Waals surface area contributed by atoms with Gasteiger partial charge >= 0.3 is 0 Å². The van der Waals surface area contributed by atoms with Gasteiger partial charge in [-0.15, -0.1) is 0 Å². The van der Waals surface area contributed by atoms with Crippen LogP contribution in [0.25, 0.3) is 0 Å². The smallest absolute Gasteiger partial charge is 0.252 e. The number of amides is 9. The standard InChI is InChI=1S/C44H70N10O11S2/c1-7-24(6)36(52-40(60)29(49-38(58)27(45)20-66)16-25-10-12-26(55)13-11-25)33-19-54(44(64)37(65-33)23(4)5)32(17-34(46)56)42(62)51-30(21-67)43(63)53-14-8-9-31(53)41(61)50-28(15-22(2)3)39(59)48-18-35(47)57/h10-13,22-24,27-33,36-37,55,66-67H,7-9,14-21,45H2,1-6H3,(H2,46,56)(H2,47,57)(H,48,59)(H,49,58)(H,50,61)(H,51,62)(H,52,60)/t24-,27-,28-,29-,30-,31-,32-,33-,36-,37-/m0/s1. The zero-order valence-electron chi connectivity index (χ0n) is 39.1. The summed E-state index contributed by atoms with van der Waals surface area (Å²) in [5.41, 5.74) is 17.4. The number of likely N-dealkylation sites (tertiary alicyclic amines) is 1. The first-order chi connectivity index (χ1) is 31.5. The molecule has 2 fully saturated rings. The number of aromatic hydroxyl groups is 1. The lowest BCUT2D eigenvalue weighted by Crippen LogP contribution is -2.66. The first kappa shape index (κ1) is 56.2. The van der Waals surface area contributed by atoms with Crippen molar-refractivity contribution in [2.45, 2.75) is 135 Å². The minimum absolute atomic E-state index is 0.00609. The number of carbonyl (C=O) groups excluding carboxylic acids is 9. The van der Waals surface area contributed by atoms with E-state index in [1.54, 1.807) is 26.0 Å². The van der Waals surface area contributed by atoms with Crippen molar-refractivity contribution >= 4 is 78.4 Å². The minimum atomic E-state index is -1.56. The Morgan fingerprint density at radius 2 is 1.48 bits per heavy atom. The fourth-order valence-corrected chi connectivity index (χ4v) is 8.39. The molecule has 10 atom stereocenters. The van der Waals surface area contributed by atoms with Crippen LogP contribution in [0.4, 0.5) is 0 Å². The Labute approximate surface area is 402 Å². The average Bonchev–Trinajstić information content (AvgIpc) is 3.78. The normalized spacial score (nSPS) is 20.5. The van der Waals surface area contributed by atoms with Crippen molar-refractivity contribution in [3.8, 4) is 5.75 Å². The molecule has 0 bridgehead atoms. The molecule has 0 saturated carbocycles. The molecule has 2 aliphatic heterocycles. The number of nitrogens with one attached hydrogen (secondary N) is 5. The quantitative estimate of drug-likeness (QED) is 0.0486. The maximum Gasteiger partial charge on any atom is 0.252 e. The van der Waals surface area contributed by atoms with Crippen LogP contribution in [0.15, 0.2) is 24.3 Å². The van der Waals surface area contributed by atoms with E-state index in [2.05, 4.69) is 51.8 Å². The zero-order chi connectivity index (χ0) is 50.3. The van der Waals surface area contributed by atoms with E-state index in [1.807, 2.05) is 27.7 Å². The van der Waals surface area contributed by atoms with E-state index in [-0.39, 0.29) is 61.4 Å². The Hall–Kier alpha value is -5.13. The van der Waals surface area contributed by atoms with Crippen LogP contribution in [0.2, 0.25) is 0 Å². The van der Waals surface area contributed by atoms with Crippen LogP contribution in [0.3, 0.4) is 0 Å². The summed E-state index contributed by atoms with van der Waals surface area (Å²) in [6, 6.07) is -1.88. The highest BCUT2D eigenvalue weighted by molar-refractivity contribution is 7.80. The van der Waals surface area contributed by atoms with E-state index in [0.29, 0.717) is 18.4 Å². The molecule has 21 nitrogen and oxygen atoms in total. The van der Waals surface area contributed by atoms with Crippen molar-refractivity contribution in [1.82, 2.24) is 36.4 Å². The molecule has 374 valence electrons. The van der Waals surface area contributed by atoms with Gasteiger partial charge in [0.1, 0.15) is 42.1 Å². The molecular formula is C44H70N10O11S2. The number of benzene rings is 1. The predicted molar refractivity (Wildman–Crippen MR) is 254 cm³/mol. The molecule has 0 spiro atoms. The molecule has 2 aliphatic rings. The van der Waals surface area contributed by atoms with Gasteiger partial charge < -0.3 is 63.4 Å². The third-order valence-corrected chi connectivity index (χ3v) is 12.6. The molecule has 9 amide bonds. The van der Waals surface area contributed by atoms with Crippen molar-refractivity contribution < 1.29 is 53.0 Å². The zero-order valence-corrected chi connectivity index (χ0v) is 40.9. The number of nitrogens with two attached hydrogens (primary N) is 3. The number of phenolic OH excluding ortho intramolecular Hbond substituents is 1. The number of rotatable bonds is 25. The van der Waals surface area contributed by atoms with Gasteiger partial charge in [0.05, 0.1) is 31.2 Å². The lowest BCUT2D eigenvalue weighted by Gasteiger charge is -2.45. The van der Waals surface area contributed by atoms with Crippen LogP contribution in [0.1, 0.15) is 79.2 Å². The van der Waals surface area contributed by atoms with Crippen molar-refractivity contribution in [2.24, 2.45) is 35.0 Å². The molecule has 67 heavy (non-hydrogen) atoms. The van der Waals surface area contributed by atoms with E-state index < -0.39 is 127 Å². The first-order valence-electron chi connectivity index (χ1n) is 22.6. The van der Waals surface area contributed by atoms with Gasteiger partial charge in [0.25, 0.3) is 5.91 Å². The lowest BCUT2D eigenvalue weighted by molar-refractivity contribution is -0.178. The highest BCUT2D eigenvalue weighted by Gasteiger charge is 2.47. The van der Waals surface area contributed by atoms with Gasteiger partial charge in [0.15, 0.2) is 0 Å². The Morgan fingerprint density at radius 1 is 0.836 bits per heavy atom. The van der Waals surface area contributed by atoms with Crippen LogP contribution in [0.5, 0.6) is 5.75 Å². The predicted octanol–water partition coefficient (Wildman–Crippen LogP) is -1.76. The molecule has 1 aromatic carbocycles. The molecule has 0 radical (unpaired) electrons. The van der Waals surface area contributed by atoms with Crippen LogP contribution in [-0.2, 0) is 54.3 Å². The van der Waals surface area contributed by atoms with E-state index in [9.17, 15) is 48.3 Å². The number of phenols is 1. The van der Waals surface area contributed by atoms with E-state index in [4.69, 9.17) is 21.9 Å². The maximum atomic E-state index is 14.4. The fourth-order valence-electron chi connectivity index (χ4n) is 7.98. The third-order valence-electron chi connectivity index (χ3n) is 11.8. The van der Waals surface area contributed by atoms with Gasteiger partial charge in [-0.05, 0) is 54.7 Å². The van der Waals surface area contributed by atoms with Crippen LogP contribution < -0.4 is 43.8 Å². The summed E-state index contributed by atoms with van der Waals surface area (Å²) in [7, 11) is 0. The van der Waals surface area contributed by atoms with Gasteiger partial charge in [0, 0.05) is 31.0 Å². The Bertz CT molecular complexity index is 1930. The number of ether oxygens (including phenoxy) is 1. The van der Waals surface area contributed by atoms with Gasteiger partial charge in [-0.25, -0.2) is 0 Å². The second-order valence-corrected chi connectivity index (χ2v) is 18.7. The highest BCUT2D eigenvalue weighted by atomic mass is 32.1. The highest BCUT2D eigenvalue weighted by Crippen LogP contribution is 2.28. The van der Waals surface area contributed by atoms with Crippen molar-refractivity contribution in [2.75, 3.05) is 31.1 Å². The molecule has 3 rings (SSSR count). The summed E-state index contributed by atoms with van der Waals surface area (Å²) in [6.07, 6.45) is -1.37. The van der Waals surface area contributed by atoms with Crippen LogP contribution >= 0.6 is 25.3 Å². The summed E-state index contributed by atoms with van der Waals surface area (Å²) in [5.74, 6) is -7.45. The van der Waals surface area contributed by atoms with Gasteiger partial charge in [0.2, 0.25) is 47.3 Å². The van der Waals surface area contributed by atoms with Crippen molar-refractivity contribution in [3.63, 3.8) is 0 Å². The molecular weight excluding hydrogens is 909 g/mol. The molecule has 0 unspecified atom stereocenters. The Balaban J connectivity index is 1.93. The van der Waals surface area contributed by atoms with Crippen LogP contribution in [-0.4, -0.2) is 154 Å². The molecule has 2 heterocycles. The topological polar surface area (TPSA) is 328 Å². The maximum absolute atomic E-state index is 14.4. The van der Waals surface area contributed by atoms with Gasteiger partial charge in [-0.2, -0.15) is 25.3 Å². The van der Waals surface area contributed by atoms with Gasteiger partial charge in [-0.3, -0.25) is 43.2 Å². The number of hydrogen-bond acceptors (Lipinski definition) is 14. The average molecular weight is 979 g/mol. The molecule has 0 aromatic heterocycles. The summed E-state index contributed by atoms with van der Waals surface area (Å²) in [6.45, 7) is 10.3. The number of hydrogen-bond donors (Lipinski definition) is 11. The fraction of sp³-hybridized carbons (Fsp3) is 0.659. The molecule has 23 heteroatoms. The first-order valence-corrected chi connectivity index (χ1v) is 23.9. The molecule has 0 aliphatic carbocycles. The third kappa shape index (κ3) is 16.3. The second-order valence-electron chi connectivity index (χ2n) is 18.0. The number of nitrogens with zero attached hydrogens (tertiary/aromatic N) is 2. The Morgan fingerprint density at radius 3 is 2.03 bits per heavy atom. The van der Waals surface area contributed by atoms with E-state index >= 15 is 0 Å². The molecule has 2 saturated heterocycles. The monoisotopic (exact) mass is 978 g/mol. The van der Waals surface area contributed by atoms with Crippen molar-refractivity contribution in [1.29, 1.82) is 0 Å². The van der Waals surface area contributed by atoms with Crippen LogP contribution in [0, 0.1) is 17.8 Å². The van der Waals surface area contributed by atoms with E-state index in [1.165, 1.54) is 21.9 Å². The molecule has 12 N–H and O–H groups in total. The minimum Gasteiger partial charge on any atom is -0.508 e. The summed E-state index contributed by atoms with van der Waals surface area (Å²) < 4.78 is 6.43. The van der Waals surface area contributed by atoms with E-state index in [0.717, 1.165) is 0 Å². The number of thiol groups is 2. The Kier molecular flexibility index (Phi) is 22.2. The largest absolute Gasteiger partial charge is 0.508 e. The molecule has 1 aromatic rings. The lowest BCUT2D eigenvalue weighted by atomic mass is 9.90. The number of primary amides is 2. The van der Waals surface area contributed by atoms with Gasteiger partial charge in [-0.1, -0.05) is 60.1 Å². The number of carbonyl (C=O) groups is 9. The SMILES string of the molecule is CC[C@H](C)[C@H](NC(=O)[C@H](Cc1ccc(O)cc1)NC(=O)[C@@H](N)CS)[C@@H]1CN([C@@H](CC(N)=O)C(=O)N[C@@H](CS)C(=O)N2CCC[C@H]2C(=O)N[C@@H](CC(C)C)C(=O)NCC(N)=O)C(=O)[C@H](C(C)C)O1.